The van der Waals surface area contributed by atoms with Crippen molar-refractivity contribution in [2.75, 3.05) is 0 Å². The number of carboxylic acids is 1. The van der Waals surface area contributed by atoms with E-state index in [1.165, 1.54) is 11.3 Å². The van der Waals surface area contributed by atoms with Crippen LogP contribution in [0.25, 0.3) is 11.1 Å². The zero-order chi connectivity index (χ0) is 11.0. The van der Waals surface area contributed by atoms with Crippen molar-refractivity contribution in [3.63, 3.8) is 0 Å². The standard InChI is InChI=1S/C10H10N2O2S/c1-5-9(6(2)12-11-5)7-3-15-4-8(7)10(13)14/h3-4H,1-2H3,(H,11,12)(H,13,14). The first-order valence-electron chi connectivity index (χ1n) is 4.42. The molecule has 0 aliphatic heterocycles. The van der Waals surface area contributed by atoms with Crippen molar-refractivity contribution in [3.8, 4) is 11.1 Å². The number of aromatic carboxylic acids is 1. The fourth-order valence-corrected chi connectivity index (χ4v) is 2.42. The van der Waals surface area contributed by atoms with Crippen LogP contribution in [0.5, 0.6) is 0 Å². The molecule has 0 spiro atoms. The number of carbonyl (C=O) groups is 1. The summed E-state index contributed by atoms with van der Waals surface area (Å²) in [5.74, 6) is -0.897. The van der Waals surface area contributed by atoms with E-state index in [9.17, 15) is 4.79 Å². The Bertz CT molecular complexity index is 494. The number of thiophene rings is 1. The third kappa shape index (κ3) is 1.55. The lowest BCUT2D eigenvalue weighted by atomic mass is 10.0. The monoisotopic (exact) mass is 222 g/mol. The lowest BCUT2D eigenvalue weighted by Crippen LogP contribution is -1.96. The van der Waals surface area contributed by atoms with Crippen molar-refractivity contribution in [2.24, 2.45) is 0 Å². The molecule has 0 fully saturated rings. The largest absolute Gasteiger partial charge is 0.478 e. The van der Waals surface area contributed by atoms with E-state index in [-0.39, 0.29) is 0 Å². The minimum atomic E-state index is -0.897. The molecular weight excluding hydrogens is 212 g/mol. The van der Waals surface area contributed by atoms with Gasteiger partial charge >= 0.3 is 5.97 Å². The van der Waals surface area contributed by atoms with Crippen LogP contribution in [0.3, 0.4) is 0 Å². The Morgan fingerprint density at radius 1 is 1.47 bits per heavy atom. The second kappa shape index (κ2) is 3.51. The summed E-state index contributed by atoms with van der Waals surface area (Å²) >= 11 is 1.39. The second-order valence-electron chi connectivity index (χ2n) is 3.31. The van der Waals surface area contributed by atoms with Gasteiger partial charge in [-0.15, -0.1) is 0 Å². The van der Waals surface area contributed by atoms with E-state index in [0.29, 0.717) is 5.56 Å². The van der Waals surface area contributed by atoms with Crippen LogP contribution in [0.1, 0.15) is 21.7 Å². The van der Waals surface area contributed by atoms with Crippen molar-refractivity contribution in [1.29, 1.82) is 0 Å². The van der Waals surface area contributed by atoms with Crippen molar-refractivity contribution in [2.45, 2.75) is 13.8 Å². The lowest BCUT2D eigenvalue weighted by molar-refractivity contribution is 0.0698. The quantitative estimate of drug-likeness (QED) is 0.820. The molecule has 2 aromatic rings. The number of rotatable bonds is 2. The fourth-order valence-electron chi connectivity index (χ4n) is 1.60. The average Bonchev–Trinajstić information content (AvgIpc) is 2.73. The van der Waals surface area contributed by atoms with Crippen LogP contribution < -0.4 is 0 Å². The molecule has 0 aliphatic carbocycles. The second-order valence-corrected chi connectivity index (χ2v) is 4.06. The molecule has 2 heterocycles. The fraction of sp³-hybridized carbons (Fsp3) is 0.200. The number of aryl methyl sites for hydroxylation is 2. The molecule has 0 saturated carbocycles. The van der Waals surface area contributed by atoms with Crippen LogP contribution in [-0.4, -0.2) is 21.3 Å². The molecule has 78 valence electrons. The Hall–Kier alpha value is -1.62. The number of nitrogens with one attached hydrogen (secondary N) is 1. The third-order valence-corrected chi connectivity index (χ3v) is 3.03. The zero-order valence-electron chi connectivity index (χ0n) is 8.37. The summed E-state index contributed by atoms with van der Waals surface area (Å²) in [6.07, 6.45) is 0. The number of aromatic amines is 1. The van der Waals surface area contributed by atoms with Gasteiger partial charge < -0.3 is 5.11 Å². The topological polar surface area (TPSA) is 66.0 Å². The maximum Gasteiger partial charge on any atom is 0.337 e. The van der Waals surface area contributed by atoms with Gasteiger partial charge in [-0.25, -0.2) is 4.79 Å². The molecule has 0 radical (unpaired) electrons. The average molecular weight is 222 g/mol. The van der Waals surface area contributed by atoms with Gasteiger partial charge in [0, 0.05) is 22.2 Å². The molecular formula is C10H10N2O2S. The number of hydrogen-bond donors (Lipinski definition) is 2. The molecule has 0 atom stereocenters. The Morgan fingerprint density at radius 2 is 2.20 bits per heavy atom. The number of aromatic nitrogens is 2. The third-order valence-electron chi connectivity index (χ3n) is 2.29. The van der Waals surface area contributed by atoms with Crippen LogP contribution >= 0.6 is 11.3 Å². The van der Waals surface area contributed by atoms with Gasteiger partial charge in [-0.2, -0.15) is 16.4 Å². The van der Waals surface area contributed by atoms with Crippen molar-refractivity contribution < 1.29 is 9.90 Å². The van der Waals surface area contributed by atoms with Gasteiger partial charge in [0.25, 0.3) is 0 Å². The van der Waals surface area contributed by atoms with Gasteiger partial charge in [0.15, 0.2) is 0 Å². The molecule has 2 N–H and O–H groups in total. The highest BCUT2D eigenvalue weighted by Gasteiger charge is 2.17. The SMILES string of the molecule is Cc1n[nH]c(C)c1-c1cscc1C(=O)O. The molecule has 15 heavy (non-hydrogen) atoms. The van der Waals surface area contributed by atoms with Crippen LogP contribution in [0, 0.1) is 13.8 Å². The van der Waals surface area contributed by atoms with E-state index in [1.54, 1.807) is 5.38 Å². The number of hydrogen-bond acceptors (Lipinski definition) is 3. The molecule has 0 aromatic carbocycles. The summed E-state index contributed by atoms with van der Waals surface area (Å²) in [7, 11) is 0. The highest BCUT2D eigenvalue weighted by atomic mass is 32.1. The first kappa shape index (κ1) is 9.92. The number of H-pyrrole nitrogens is 1. The van der Waals surface area contributed by atoms with Gasteiger partial charge in [0.2, 0.25) is 0 Å². The first-order valence-corrected chi connectivity index (χ1v) is 5.37. The summed E-state index contributed by atoms with van der Waals surface area (Å²) in [6.45, 7) is 3.75. The number of nitrogens with zero attached hydrogens (tertiary/aromatic N) is 1. The Kier molecular flexibility index (Phi) is 2.32. The lowest BCUT2D eigenvalue weighted by Gasteiger charge is -1.99. The normalized spacial score (nSPS) is 10.5. The van der Waals surface area contributed by atoms with Crippen LogP contribution in [-0.2, 0) is 0 Å². The summed E-state index contributed by atoms with van der Waals surface area (Å²) in [6, 6.07) is 0. The predicted molar refractivity (Wildman–Crippen MR) is 58.3 cm³/mol. The Labute approximate surface area is 90.6 Å². The van der Waals surface area contributed by atoms with E-state index >= 15 is 0 Å². The maximum absolute atomic E-state index is 11.0. The van der Waals surface area contributed by atoms with Crippen molar-refractivity contribution in [1.82, 2.24) is 10.2 Å². The summed E-state index contributed by atoms with van der Waals surface area (Å²) in [5.41, 5.74) is 3.71. The molecule has 2 aromatic heterocycles. The van der Waals surface area contributed by atoms with Crippen LogP contribution in [0.4, 0.5) is 0 Å². The van der Waals surface area contributed by atoms with Gasteiger partial charge in [-0.1, -0.05) is 0 Å². The van der Waals surface area contributed by atoms with Gasteiger partial charge in [-0.3, -0.25) is 5.10 Å². The van der Waals surface area contributed by atoms with E-state index in [1.807, 2.05) is 19.2 Å². The Morgan fingerprint density at radius 3 is 2.73 bits per heavy atom. The van der Waals surface area contributed by atoms with E-state index in [0.717, 1.165) is 22.5 Å². The molecule has 2 rings (SSSR count). The van der Waals surface area contributed by atoms with Gasteiger partial charge in [0.05, 0.1) is 11.3 Å². The van der Waals surface area contributed by atoms with Crippen molar-refractivity contribution >= 4 is 17.3 Å². The maximum atomic E-state index is 11.0. The van der Waals surface area contributed by atoms with Crippen molar-refractivity contribution in [3.05, 3.63) is 27.7 Å². The molecule has 0 saturated heterocycles. The summed E-state index contributed by atoms with van der Waals surface area (Å²) in [5, 5.41) is 19.4. The highest BCUT2D eigenvalue weighted by molar-refractivity contribution is 7.08. The molecule has 4 nitrogen and oxygen atoms in total. The minimum Gasteiger partial charge on any atom is -0.478 e. The molecule has 5 heteroatoms. The molecule has 0 bridgehead atoms. The van der Waals surface area contributed by atoms with E-state index in [2.05, 4.69) is 10.2 Å². The minimum absolute atomic E-state index is 0.340. The van der Waals surface area contributed by atoms with E-state index in [4.69, 9.17) is 5.11 Å². The zero-order valence-corrected chi connectivity index (χ0v) is 9.18. The first-order chi connectivity index (χ1) is 7.11. The van der Waals surface area contributed by atoms with Crippen LogP contribution in [0.15, 0.2) is 10.8 Å². The predicted octanol–water partition coefficient (Wildman–Crippen LogP) is 2.45. The van der Waals surface area contributed by atoms with Crippen LogP contribution in [0.2, 0.25) is 0 Å². The van der Waals surface area contributed by atoms with Gasteiger partial charge in [0.1, 0.15) is 0 Å². The summed E-state index contributed by atoms with van der Waals surface area (Å²) < 4.78 is 0. The Balaban J connectivity index is 2.64. The molecule has 0 amide bonds. The summed E-state index contributed by atoms with van der Waals surface area (Å²) in [4.78, 5) is 11.0. The molecule has 0 unspecified atom stereocenters. The van der Waals surface area contributed by atoms with E-state index < -0.39 is 5.97 Å². The smallest absolute Gasteiger partial charge is 0.337 e. The highest BCUT2D eigenvalue weighted by Crippen LogP contribution is 2.31. The number of carboxylic acid groups (broad SMARTS) is 1. The van der Waals surface area contributed by atoms with Gasteiger partial charge in [-0.05, 0) is 19.2 Å². The molecule has 0 aliphatic rings.